The fourth-order valence-corrected chi connectivity index (χ4v) is 4.73. The largest absolute Gasteiger partial charge is 0.494 e. The van der Waals surface area contributed by atoms with Gasteiger partial charge in [-0.15, -0.1) is 0 Å². The molecule has 0 fully saturated rings. The van der Waals surface area contributed by atoms with Crippen molar-refractivity contribution in [2.45, 2.75) is 53.1 Å². The van der Waals surface area contributed by atoms with E-state index in [-0.39, 0.29) is 31.0 Å². The summed E-state index contributed by atoms with van der Waals surface area (Å²) in [7, 11) is 1.28. The predicted octanol–water partition coefficient (Wildman–Crippen LogP) is 3.67. The van der Waals surface area contributed by atoms with Gasteiger partial charge in [0.1, 0.15) is 18.3 Å². The van der Waals surface area contributed by atoms with Gasteiger partial charge in [-0.2, -0.15) is 0 Å². The van der Waals surface area contributed by atoms with Crippen molar-refractivity contribution in [2.75, 3.05) is 26.9 Å². The maximum Gasteiger partial charge on any atom is 0.336 e. The second-order valence-electron chi connectivity index (χ2n) is 9.10. The number of ether oxygens (including phenoxy) is 4. The minimum absolute atomic E-state index is 0.0184. The van der Waals surface area contributed by atoms with Crippen LogP contribution in [0.1, 0.15) is 52.5 Å². The molecular weight excluding hydrogens is 450 g/mol. The second-order valence-corrected chi connectivity index (χ2v) is 9.10. The van der Waals surface area contributed by atoms with Crippen LogP contribution in [0.2, 0.25) is 0 Å². The number of carbonyl (C=O) groups excluding carboxylic acids is 3. The zero-order chi connectivity index (χ0) is 25.7. The molecule has 0 aromatic heterocycles. The molecule has 1 aromatic carbocycles. The van der Waals surface area contributed by atoms with Gasteiger partial charge in [-0.1, -0.05) is 19.1 Å². The van der Waals surface area contributed by atoms with E-state index in [1.54, 1.807) is 6.92 Å². The highest BCUT2D eigenvalue weighted by Crippen LogP contribution is 2.45. The average Bonchev–Trinajstić information content (AvgIpc) is 2.80. The molecule has 2 aliphatic rings. The van der Waals surface area contributed by atoms with Gasteiger partial charge < -0.3 is 24.3 Å². The highest BCUT2D eigenvalue weighted by atomic mass is 16.6. The van der Waals surface area contributed by atoms with E-state index in [0.717, 1.165) is 0 Å². The van der Waals surface area contributed by atoms with Gasteiger partial charge in [0.2, 0.25) is 0 Å². The van der Waals surface area contributed by atoms with Gasteiger partial charge in [0.05, 0.1) is 32.0 Å². The third kappa shape index (κ3) is 5.75. The van der Waals surface area contributed by atoms with Gasteiger partial charge >= 0.3 is 11.9 Å². The summed E-state index contributed by atoms with van der Waals surface area (Å²) in [5.41, 5.74) is 2.76. The van der Waals surface area contributed by atoms with Gasteiger partial charge in [0.15, 0.2) is 5.78 Å². The molecule has 0 saturated heterocycles. The lowest BCUT2D eigenvalue weighted by Gasteiger charge is -2.38. The van der Waals surface area contributed by atoms with Crippen molar-refractivity contribution in [3.63, 3.8) is 0 Å². The lowest BCUT2D eigenvalue weighted by molar-refractivity contribution is -0.151. The van der Waals surface area contributed by atoms with Crippen molar-refractivity contribution in [2.24, 2.45) is 11.8 Å². The normalized spacial score (nSPS) is 22.0. The van der Waals surface area contributed by atoms with Gasteiger partial charge in [-0.3, -0.25) is 9.59 Å². The molecule has 0 amide bonds. The van der Waals surface area contributed by atoms with Crippen molar-refractivity contribution in [1.82, 2.24) is 5.32 Å². The molecule has 35 heavy (non-hydrogen) atoms. The Balaban J connectivity index is 2.06. The Kier molecular flexibility index (Phi) is 8.72. The smallest absolute Gasteiger partial charge is 0.336 e. The van der Waals surface area contributed by atoms with Gasteiger partial charge in [0, 0.05) is 22.9 Å². The molecule has 1 aromatic rings. The fourth-order valence-electron chi connectivity index (χ4n) is 4.73. The lowest BCUT2D eigenvalue weighted by Crippen LogP contribution is -2.43. The van der Waals surface area contributed by atoms with E-state index in [1.165, 1.54) is 7.11 Å². The van der Waals surface area contributed by atoms with E-state index < -0.39 is 23.8 Å². The Hall–Kier alpha value is -3.13. The molecule has 1 N–H and O–H groups in total. The molecule has 3 atom stereocenters. The molecule has 3 rings (SSSR count). The molecule has 1 heterocycles. The van der Waals surface area contributed by atoms with Crippen LogP contribution in [0.15, 0.2) is 46.8 Å². The average molecular weight is 486 g/mol. The Bertz CT molecular complexity index is 1040. The second kappa shape index (κ2) is 11.5. The predicted molar refractivity (Wildman–Crippen MR) is 130 cm³/mol. The monoisotopic (exact) mass is 485 g/mol. The first kappa shape index (κ1) is 26.5. The number of dihydropyridines is 1. The minimum Gasteiger partial charge on any atom is -0.494 e. The van der Waals surface area contributed by atoms with E-state index in [2.05, 4.69) is 5.32 Å². The summed E-state index contributed by atoms with van der Waals surface area (Å²) in [6, 6.07) is 7.32. The lowest BCUT2D eigenvalue weighted by atomic mass is 9.69. The summed E-state index contributed by atoms with van der Waals surface area (Å²) in [6.45, 7) is 10.2. The highest BCUT2D eigenvalue weighted by Gasteiger charge is 2.47. The van der Waals surface area contributed by atoms with Crippen molar-refractivity contribution < 1.29 is 33.3 Å². The molecule has 0 radical (unpaired) electrons. The van der Waals surface area contributed by atoms with E-state index >= 15 is 0 Å². The van der Waals surface area contributed by atoms with Crippen LogP contribution in [0.3, 0.4) is 0 Å². The van der Waals surface area contributed by atoms with Crippen LogP contribution in [0, 0.1) is 11.8 Å². The first-order valence-corrected chi connectivity index (χ1v) is 12.0. The molecule has 0 bridgehead atoms. The summed E-state index contributed by atoms with van der Waals surface area (Å²) in [5, 5.41) is 3.26. The van der Waals surface area contributed by atoms with E-state index in [1.807, 2.05) is 52.0 Å². The van der Waals surface area contributed by atoms with Gasteiger partial charge in [-0.05, 0) is 57.7 Å². The maximum atomic E-state index is 13.8. The number of nitrogens with one attached hydrogen (secondary N) is 1. The Morgan fingerprint density at radius 1 is 1.20 bits per heavy atom. The summed E-state index contributed by atoms with van der Waals surface area (Å²) in [6.07, 6.45) is 0.495. The first-order chi connectivity index (χ1) is 16.7. The van der Waals surface area contributed by atoms with Crippen molar-refractivity contribution in [1.29, 1.82) is 0 Å². The van der Waals surface area contributed by atoms with E-state index in [4.69, 9.17) is 18.9 Å². The quantitative estimate of drug-likeness (QED) is 0.321. The number of hydrogen-bond acceptors (Lipinski definition) is 8. The number of ketones is 1. The van der Waals surface area contributed by atoms with Crippen molar-refractivity contribution >= 4 is 17.7 Å². The van der Waals surface area contributed by atoms with Gasteiger partial charge in [-0.25, -0.2) is 4.79 Å². The Labute approximate surface area is 206 Å². The highest BCUT2D eigenvalue weighted by molar-refractivity contribution is 6.12. The zero-order valence-electron chi connectivity index (χ0n) is 21.3. The number of carbonyl (C=O) groups is 3. The maximum absolute atomic E-state index is 13.8. The van der Waals surface area contributed by atoms with Crippen LogP contribution in [0.25, 0.3) is 0 Å². The fraction of sp³-hybridized carbons (Fsp3) is 0.519. The number of Topliss-reactive ketones (excluding diaryl/α,β-unsaturated/α-hetero) is 1. The molecule has 0 saturated carbocycles. The third-order valence-electron chi connectivity index (χ3n) is 6.23. The molecular formula is C27H35NO7. The third-order valence-corrected chi connectivity index (χ3v) is 6.23. The molecule has 1 aliphatic heterocycles. The standard InChI is InChI=1S/C27H35NO7/c1-7-33-19-10-8-9-18(14-19)23-22(27(31)35-12-11-34-15(2)3)17(5)28-20-13-16(4)21(26(30)32-6)25(29)24(20)23/h8-10,14-16,21,23,28H,7,11-13H2,1-6H3/t16-,21+,23-/m1/s1. The van der Waals surface area contributed by atoms with Crippen LogP contribution in [0.5, 0.6) is 5.75 Å². The topological polar surface area (TPSA) is 100 Å². The number of esters is 2. The van der Waals surface area contributed by atoms with Gasteiger partial charge in [0.25, 0.3) is 0 Å². The number of hydrogen-bond donors (Lipinski definition) is 1. The molecule has 0 spiro atoms. The Morgan fingerprint density at radius 3 is 2.60 bits per heavy atom. The molecule has 1 aliphatic carbocycles. The van der Waals surface area contributed by atoms with Crippen molar-refractivity contribution in [3.05, 3.63) is 52.4 Å². The number of benzene rings is 1. The van der Waals surface area contributed by atoms with E-state index in [0.29, 0.717) is 46.9 Å². The summed E-state index contributed by atoms with van der Waals surface area (Å²) >= 11 is 0. The van der Waals surface area contributed by atoms with Crippen LogP contribution < -0.4 is 10.1 Å². The summed E-state index contributed by atoms with van der Waals surface area (Å²) in [4.78, 5) is 39.6. The summed E-state index contributed by atoms with van der Waals surface area (Å²) < 4.78 is 21.7. The molecule has 0 unspecified atom stereocenters. The Morgan fingerprint density at radius 2 is 1.94 bits per heavy atom. The first-order valence-electron chi connectivity index (χ1n) is 12.0. The van der Waals surface area contributed by atoms with Crippen LogP contribution in [-0.2, 0) is 28.6 Å². The van der Waals surface area contributed by atoms with Crippen LogP contribution in [0.4, 0.5) is 0 Å². The zero-order valence-corrected chi connectivity index (χ0v) is 21.3. The summed E-state index contributed by atoms with van der Waals surface area (Å²) in [5.74, 6) is -2.72. The number of rotatable bonds is 9. The molecule has 190 valence electrons. The van der Waals surface area contributed by atoms with Crippen LogP contribution in [-0.4, -0.2) is 50.8 Å². The SMILES string of the molecule is CCOc1cccc([C@@H]2C(C(=O)OCCOC(C)C)=C(C)NC3=C2C(=O)[C@@H](C(=O)OC)[C@H](C)C3)c1. The minimum atomic E-state index is -0.937. The van der Waals surface area contributed by atoms with Crippen molar-refractivity contribution in [3.8, 4) is 5.75 Å². The number of methoxy groups -OCH3 is 1. The number of allylic oxidation sites excluding steroid dienone is 3. The van der Waals surface area contributed by atoms with E-state index in [9.17, 15) is 14.4 Å². The molecule has 8 nitrogen and oxygen atoms in total. The molecule has 8 heteroatoms. The van der Waals surface area contributed by atoms with Crippen LogP contribution >= 0.6 is 0 Å².